The zero-order valence-electron chi connectivity index (χ0n) is 15.5. The van der Waals surface area contributed by atoms with Gasteiger partial charge in [-0.2, -0.15) is 9.97 Å². The summed E-state index contributed by atoms with van der Waals surface area (Å²) < 4.78 is 2.00. The molecule has 8 nitrogen and oxygen atoms in total. The van der Waals surface area contributed by atoms with Gasteiger partial charge in [0.15, 0.2) is 17.0 Å². The molecule has 0 radical (unpaired) electrons. The van der Waals surface area contributed by atoms with Crippen LogP contribution >= 0.6 is 0 Å². The van der Waals surface area contributed by atoms with Crippen molar-refractivity contribution in [1.82, 2.24) is 24.5 Å². The van der Waals surface area contributed by atoms with Crippen molar-refractivity contribution in [3.05, 3.63) is 36.4 Å². The lowest BCUT2D eigenvalue weighted by Crippen LogP contribution is -2.29. The van der Waals surface area contributed by atoms with Crippen LogP contribution in [0, 0.1) is 0 Å². The quantitative estimate of drug-likeness (QED) is 0.599. The molecule has 0 aromatic carbocycles. The summed E-state index contributed by atoms with van der Waals surface area (Å²) in [7, 11) is 0. The average Bonchev–Trinajstić information content (AvgIpc) is 3.04. The second-order valence-corrected chi connectivity index (χ2v) is 6.70. The van der Waals surface area contributed by atoms with Crippen molar-refractivity contribution in [1.29, 1.82) is 0 Å². The van der Waals surface area contributed by atoms with E-state index in [1.807, 2.05) is 29.8 Å². The van der Waals surface area contributed by atoms with Crippen LogP contribution in [0.15, 0.2) is 30.9 Å². The summed E-state index contributed by atoms with van der Waals surface area (Å²) in [6, 6.07) is 3.95. The Bertz CT molecular complexity index is 861. The molecule has 3 heterocycles. The van der Waals surface area contributed by atoms with E-state index in [-0.39, 0.29) is 12.1 Å². The summed E-state index contributed by atoms with van der Waals surface area (Å²) in [5.74, 6) is 1.11. The van der Waals surface area contributed by atoms with Gasteiger partial charge in [-0.3, -0.25) is 4.98 Å². The molecule has 26 heavy (non-hydrogen) atoms. The van der Waals surface area contributed by atoms with Crippen molar-refractivity contribution >= 4 is 22.9 Å². The molecular formula is C18H25N7O. The second-order valence-electron chi connectivity index (χ2n) is 6.70. The summed E-state index contributed by atoms with van der Waals surface area (Å²) in [5, 5.41) is 16.3. The Hall–Kier alpha value is -2.74. The molecule has 3 aromatic heterocycles. The van der Waals surface area contributed by atoms with Crippen molar-refractivity contribution < 1.29 is 5.11 Å². The Balaban J connectivity index is 1.96. The maximum Gasteiger partial charge on any atom is 0.227 e. The Morgan fingerprint density at radius 2 is 2.00 bits per heavy atom. The molecule has 3 N–H and O–H groups in total. The molecule has 3 aromatic rings. The van der Waals surface area contributed by atoms with Gasteiger partial charge in [0.2, 0.25) is 5.95 Å². The number of fused-ring (bicyclic) bond motifs is 1. The third-order valence-electron chi connectivity index (χ3n) is 4.24. The van der Waals surface area contributed by atoms with E-state index in [0.29, 0.717) is 18.3 Å². The van der Waals surface area contributed by atoms with Gasteiger partial charge in [0.1, 0.15) is 0 Å². The number of anilines is 2. The molecule has 2 atom stereocenters. The van der Waals surface area contributed by atoms with Crippen LogP contribution in [0.2, 0.25) is 0 Å². The van der Waals surface area contributed by atoms with Gasteiger partial charge in [0, 0.05) is 25.0 Å². The van der Waals surface area contributed by atoms with Gasteiger partial charge in [-0.15, -0.1) is 0 Å². The van der Waals surface area contributed by atoms with E-state index in [2.05, 4.69) is 44.4 Å². The summed E-state index contributed by atoms with van der Waals surface area (Å²) in [6.45, 7) is 8.37. The molecular weight excluding hydrogens is 330 g/mol. The SMILES string of the molecule is CC(C)n1cnc2c(NCc3cccnc3)nc(N[C@H](C)[C@H](C)O)nc21. The first-order valence-corrected chi connectivity index (χ1v) is 8.77. The molecule has 0 aliphatic rings. The van der Waals surface area contributed by atoms with Crippen LogP contribution in [0.1, 0.15) is 39.3 Å². The number of rotatable bonds is 7. The second kappa shape index (κ2) is 7.65. The number of hydrogen-bond donors (Lipinski definition) is 3. The Morgan fingerprint density at radius 1 is 1.19 bits per heavy atom. The van der Waals surface area contributed by atoms with Crippen molar-refractivity contribution in [2.45, 2.75) is 52.4 Å². The van der Waals surface area contributed by atoms with Crippen LogP contribution in [0.5, 0.6) is 0 Å². The smallest absolute Gasteiger partial charge is 0.227 e. The Morgan fingerprint density at radius 3 is 2.65 bits per heavy atom. The lowest BCUT2D eigenvalue weighted by atomic mass is 10.2. The van der Waals surface area contributed by atoms with E-state index in [0.717, 1.165) is 16.7 Å². The lowest BCUT2D eigenvalue weighted by molar-refractivity contribution is 0.177. The molecule has 3 rings (SSSR count). The molecule has 0 saturated heterocycles. The number of aromatic nitrogens is 5. The van der Waals surface area contributed by atoms with Crippen molar-refractivity contribution in [2.75, 3.05) is 10.6 Å². The van der Waals surface area contributed by atoms with Gasteiger partial charge in [0.25, 0.3) is 0 Å². The monoisotopic (exact) mass is 355 g/mol. The van der Waals surface area contributed by atoms with Crippen molar-refractivity contribution in [3.8, 4) is 0 Å². The third kappa shape index (κ3) is 3.91. The minimum atomic E-state index is -0.517. The molecule has 138 valence electrons. The number of nitrogens with one attached hydrogen (secondary N) is 2. The lowest BCUT2D eigenvalue weighted by Gasteiger charge is -2.18. The highest BCUT2D eigenvalue weighted by Crippen LogP contribution is 2.24. The van der Waals surface area contributed by atoms with Crippen LogP contribution in [0.25, 0.3) is 11.2 Å². The zero-order valence-corrected chi connectivity index (χ0v) is 15.5. The molecule has 0 spiro atoms. The first-order valence-electron chi connectivity index (χ1n) is 8.77. The van der Waals surface area contributed by atoms with Gasteiger partial charge in [-0.1, -0.05) is 6.07 Å². The van der Waals surface area contributed by atoms with Crippen LogP contribution in [-0.4, -0.2) is 41.8 Å². The van der Waals surface area contributed by atoms with E-state index in [4.69, 9.17) is 0 Å². The van der Waals surface area contributed by atoms with E-state index in [9.17, 15) is 5.11 Å². The summed E-state index contributed by atoms with van der Waals surface area (Å²) >= 11 is 0. The number of hydrogen-bond acceptors (Lipinski definition) is 7. The Labute approximate surface area is 152 Å². The zero-order chi connectivity index (χ0) is 18.7. The minimum absolute atomic E-state index is 0.172. The normalized spacial score (nSPS) is 13.8. The maximum atomic E-state index is 9.76. The molecule has 0 fully saturated rings. The van der Waals surface area contributed by atoms with Gasteiger partial charge in [-0.05, 0) is 39.3 Å². The molecule has 0 unspecified atom stereocenters. The van der Waals surface area contributed by atoms with Gasteiger partial charge < -0.3 is 20.3 Å². The van der Waals surface area contributed by atoms with Crippen molar-refractivity contribution in [2.24, 2.45) is 0 Å². The van der Waals surface area contributed by atoms with E-state index >= 15 is 0 Å². The topological polar surface area (TPSA) is 101 Å². The van der Waals surface area contributed by atoms with E-state index in [1.165, 1.54) is 0 Å². The predicted octanol–water partition coefficient (Wildman–Crippen LogP) is 2.60. The molecule has 0 saturated carbocycles. The van der Waals surface area contributed by atoms with Gasteiger partial charge in [-0.25, -0.2) is 4.98 Å². The largest absolute Gasteiger partial charge is 0.391 e. The number of nitrogens with zero attached hydrogens (tertiary/aromatic N) is 5. The molecule has 0 amide bonds. The maximum absolute atomic E-state index is 9.76. The number of aliphatic hydroxyl groups excluding tert-OH is 1. The van der Waals surface area contributed by atoms with Gasteiger partial charge in [0.05, 0.1) is 18.5 Å². The van der Waals surface area contributed by atoms with Crippen LogP contribution < -0.4 is 10.6 Å². The van der Waals surface area contributed by atoms with Crippen LogP contribution in [0.4, 0.5) is 11.8 Å². The molecule has 8 heteroatoms. The summed E-state index contributed by atoms with van der Waals surface area (Å²) in [6.07, 6.45) is 4.82. The number of pyridine rings is 1. The number of imidazole rings is 1. The molecule has 0 aliphatic heterocycles. The Kier molecular flexibility index (Phi) is 5.32. The fraction of sp³-hybridized carbons (Fsp3) is 0.444. The first-order chi connectivity index (χ1) is 12.5. The van der Waals surface area contributed by atoms with E-state index in [1.54, 1.807) is 19.4 Å². The molecule has 0 aliphatic carbocycles. The fourth-order valence-electron chi connectivity index (χ4n) is 2.49. The summed E-state index contributed by atoms with van der Waals surface area (Å²) in [4.78, 5) is 17.8. The highest BCUT2D eigenvalue weighted by Gasteiger charge is 2.17. The van der Waals surface area contributed by atoms with Crippen molar-refractivity contribution in [3.63, 3.8) is 0 Å². The standard InChI is InChI=1S/C18H25N7O/c1-11(2)25-10-21-15-16(20-9-14-6-5-7-19-8-14)23-18(24-17(15)25)22-12(3)13(4)26/h5-8,10-13,26H,9H2,1-4H3,(H2,20,22,23,24)/t12-,13+/m1/s1. The highest BCUT2D eigenvalue weighted by atomic mass is 16.3. The van der Waals surface area contributed by atoms with Crippen LogP contribution in [0.3, 0.4) is 0 Å². The summed E-state index contributed by atoms with van der Waals surface area (Å²) in [5.41, 5.74) is 2.52. The minimum Gasteiger partial charge on any atom is -0.391 e. The van der Waals surface area contributed by atoms with E-state index < -0.39 is 6.10 Å². The first kappa shape index (κ1) is 18.1. The average molecular weight is 355 g/mol. The number of aliphatic hydroxyl groups is 1. The predicted molar refractivity (Wildman–Crippen MR) is 102 cm³/mol. The molecule has 0 bridgehead atoms. The van der Waals surface area contributed by atoms with Crippen LogP contribution in [-0.2, 0) is 6.54 Å². The fourth-order valence-corrected chi connectivity index (χ4v) is 2.49. The third-order valence-corrected chi connectivity index (χ3v) is 4.24. The highest BCUT2D eigenvalue weighted by molar-refractivity contribution is 5.84. The van der Waals surface area contributed by atoms with Gasteiger partial charge >= 0.3 is 0 Å².